The number of rotatable bonds is 5. The van der Waals surface area contributed by atoms with Crippen LogP contribution >= 0.6 is 11.3 Å². The largest absolute Gasteiger partial charge is 0.309 e. The predicted molar refractivity (Wildman–Crippen MR) is 211 cm³/mol. The lowest BCUT2D eigenvalue weighted by molar-refractivity contribution is 1.18. The van der Waals surface area contributed by atoms with Crippen LogP contribution in [0.4, 0.5) is 0 Å². The smallest absolute Gasteiger partial charge is 0.161 e. The van der Waals surface area contributed by atoms with Crippen molar-refractivity contribution in [3.05, 3.63) is 176 Å². The van der Waals surface area contributed by atoms with Gasteiger partial charge in [0.2, 0.25) is 0 Å². The summed E-state index contributed by atoms with van der Waals surface area (Å²) in [7, 11) is 0. The van der Waals surface area contributed by atoms with Gasteiger partial charge in [0.05, 0.1) is 22.4 Å². The molecular weight excluding hydrogens is 627 g/mol. The van der Waals surface area contributed by atoms with Crippen molar-refractivity contribution in [3.8, 4) is 50.7 Å². The van der Waals surface area contributed by atoms with Crippen LogP contribution in [0.15, 0.2) is 176 Å². The van der Waals surface area contributed by atoms with Crippen LogP contribution in [-0.4, -0.2) is 14.5 Å². The first-order valence-electron chi connectivity index (χ1n) is 16.8. The summed E-state index contributed by atoms with van der Waals surface area (Å²) in [6.45, 7) is 0. The molecule has 0 aliphatic carbocycles. The SMILES string of the molecule is c1ccc(-c2cc(-c3ccccc3)nc(-c3cccc4sc5cc(-c6ccc7c(c6)c6ccccc6n7-c6ccccc6)ccc5c34)n2)cc1. The van der Waals surface area contributed by atoms with Crippen LogP contribution in [-0.2, 0) is 0 Å². The molecule has 4 heteroatoms. The Kier molecular flexibility index (Phi) is 6.68. The molecule has 0 atom stereocenters. The van der Waals surface area contributed by atoms with Crippen LogP contribution in [0.25, 0.3) is 92.7 Å². The number of hydrogen-bond donors (Lipinski definition) is 0. The van der Waals surface area contributed by atoms with E-state index in [-0.39, 0.29) is 0 Å². The molecule has 0 fully saturated rings. The van der Waals surface area contributed by atoms with Crippen LogP contribution in [0, 0.1) is 0 Å². The van der Waals surface area contributed by atoms with E-state index in [0.29, 0.717) is 0 Å². The highest BCUT2D eigenvalue weighted by molar-refractivity contribution is 7.26. The van der Waals surface area contributed by atoms with Crippen LogP contribution in [0.2, 0.25) is 0 Å². The number of benzene rings is 7. The summed E-state index contributed by atoms with van der Waals surface area (Å²) in [5, 5.41) is 4.93. The lowest BCUT2D eigenvalue weighted by atomic mass is 10.00. The lowest BCUT2D eigenvalue weighted by Gasteiger charge is -2.10. The molecule has 50 heavy (non-hydrogen) atoms. The number of hydrogen-bond acceptors (Lipinski definition) is 3. The van der Waals surface area contributed by atoms with Gasteiger partial charge in [-0.1, -0.05) is 127 Å². The van der Waals surface area contributed by atoms with E-state index in [1.807, 2.05) is 23.5 Å². The third-order valence-electron chi connectivity index (χ3n) is 9.62. The fraction of sp³-hybridized carbons (Fsp3) is 0. The molecule has 7 aromatic carbocycles. The van der Waals surface area contributed by atoms with E-state index in [0.717, 1.165) is 33.9 Å². The first kappa shape index (κ1) is 28.6. The Morgan fingerprint density at radius 2 is 1.02 bits per heavy atom. The highest BCUT2D eigenvalue weighted by Gasteiger charge is 2.17. The molecule has 0 saturated heterocycles. The summed E-state index contributed by atoms with van der Waals surface area (Å²) in [6, 6.07) is 62.5. The first-order valence-corrected chi connectivity index (χ1v) is 17.6. The van der Waals surface area contributed by atoms with Crippen molar-refractivity contribution in [1.29, 1.82) is 0 Å². The molecule has 0 aliphatic rings. The zero-order chi connectivity index (χ0) is 33.0. The second kappa shape index (κ2) is 11.7. The summed E-state index contributed by atoms with van der Waals surface area (Å²) < 4.78 is 4.84. The number of thiophene rings is 1. The molecule has 3 aromatic heterocycles. The van der Waals surface area contributed by atoms with Gasteiger partial charge in [0.1, 0.15) is 0 Å². The summed E-state index contributed by atoms with van der Waals surface area (Å²) >= 11 is 1.83. The molecular formula is C46H29N3S. The number of nitrogens with zero attached hydrogens (tertiary/aromatic N) is 3. The Balaban J connectivity index is 1.12. The maximum absolute atomic E-state index is 5.17. The van der Waals surface area contributed by atoms with E-state index in [2.05, 4.69) is 168 Å². The molecule has 3 heterocycles. The zero-order valence-corrected chi connectivity index (χ0v) is 27.8. The fourth-order valence-electron chi connectivity index (χ4n) is 7.28. The van der Waals surface area contributed by atoms with E-state index < -0.39 is 0 Å². The summed E-state index contributed by atoms with van der Waals surface area (Å²) in [5.74, 6) is 0.736. The Labute approximate surface area is 293 Å². The van der Waals surface area contributed by atoms with Gasteiger partial charge in [-0.15, -0.1) is 11.3 Å². The number of aromatic nitrogens is 3. The quantitative estimate of drug-likeness (QED) is 0.185. The molecule has 10 aromatic rings. The molecule has 0 unspecified atom stereocenters. The van der Waals surface area contributed by atoms with E-state index >= 15 is 0 Å². The van der Waals surface area contributed by atoms with Gasteiger partial charge in [-0.25, -0.2) is 9.97 Å². The molecule has 0 bridgehead atoms. The van der Waals surface area contributed by atoms with Gasteiger partial charge in [-0.3, -0.25) is 0 Å². The average molecular weight is 656 g/mol. The molecule has 234 valence electrons. The van der Waals surface area contributed by atoms with Crippen molar-refractivity contribution in [3.63, 3.8) is 0 Å². The van der Waals surface area contributed by atoms with Crippen molar-refractivity contribution in [2.24, 2.45) is 0 Å². The van der Waals surface area contributed by atoms with Gasteiger partial charge in [-0.2, -0.15) is 0 Å². The maximum atomic E-state index is 5.17. The maximum Gasteiger partial charge on any atom is 0.161 e. The van der Waals surface area contributed by atoms with Crippen molar-refractivity contribution in [2.45, 2.75) is 0 Å². The Bertz CT molecular complexity index is 2800. The molecule has 0 aliphatic heterocycles. The molecule has 0 saturated carbocycles. The first-order chi connectivity index (χ1) is 24.8. The minimum Gasteiger partial charge on any atom is -0.309 e. The van der Waals surface area contributed by atoms with Crippen molar-refractivity contribution in [2.75, 3.05) is 0 Å². The van der Waals surface area contributed by atoms with Gasteiger partial charge < -0.3 is 4.57 Å². The monoisotopic (exact) mass is 655 g/mol. The summed E-state index contributed by atoms with van der Waals surface area (Å²) in [4.78, 5) is 10.3. The topological polar surface area (TPSA) is 30.7 Å². The summed E-state index contributed by atoms with van der Waals surface area (Å²) in [6.07, 6.45) is 0. The highest BCUT2D eigenvalue weighted by Crippen LogP contribution is 2.42. The number of fused-ring (bicyclic) bond motifs is 6. The second-order valence-corrected chi connectivity index (χ2v) is 13.7. The van der Waals surface area contributed by atoms with E-state index in [9.17, 15) is 0 Å². The van der Waals surface area contributed by atoms with Gasteiger partial charge in [0.25, 0.3) is 0 Å². The van der Waals surface area contributed by atoms with E-state index in [1.165, 1.54) is 58.8 Å². The third-order valence-corrected chi connectivity index (χ3v) is 10.7. The van der Waals surface area contributed by atoms with Crippen molar-refractivity contribution in [1.82, 2.24) is 14.5 Å². The van der Waals surface area contributed by atoms with Gasteiger partial charge in [0, 0.05) is 53.3 Å². The van der Waals surface area contributed by atoms with Crippen LogP contribution < -0.4 is 0 Å². The minimum absolute atomic E-state index is 0.736. The van der Waals surface area contributed by atoms with E-state index in [4.69, 9.17) is 9.97 Å². The zero-order valence-electron chi connectivity index (χ0n) is 27.0. The minimum atomic E-state index is 0.736. The Hall–Kier alpha value is -6.36. The number of para-hydroxylation sites is 2. The average Bonchev–Trinajstić information content (AvgIpc) is 3.74. The van der Waals surface area contributed by atoms with Crippen molar-refractivity contribution >= 4 is 53.3 Å². The molecule has 10 rings (SSSR count). The molecule has 0 radical (unpaired) electrons. The van der Waals surface area contributed by atoms with Gasteiger partial charge in [0.15, 0.2) is 5.82 Å². The standard InChI is InChI=1S/C46H29N3S/c1-4-13-30(14-5-1)39-29-40(31-15-6-2-7-16-31)48-46(47-39)37-20-12-22-43-45(37)36-25-23-33(28-44(36)50-43)32-24-26-42-38(27-32)35-19-10-11-21-41(35)49(42)34-17-8-3-9-18-34/h1-29H. The van der Waals surface area contributed by atoms with Crippen LogP contribution in [0.3, 0.4) is 0 Å². The molecule has 0 N–H and O–H groups in total. The molecule has 0 amide bonds. The van der Waals surface area contributed by atoms with Crippen LogP contribution in [0.5, 0.6) is 0 Å². The van der Waals surface area contributed by atoms with Gasteiger partial charge >= 0.3 is 0 Å². The third kappa shape index (κ3) is 4.73. The highest BCUT2D eigenvalue weighted by atomic mass is 32.1. The Morgan fingerprint density at radius 1 is 0.400 bits per heavy atom. The fourth-order valence-corrected chi connectivity index (χ4v) is 8.45. The predicted octanol–water partition coefficient (Wildman–Crippen LogP) is 12.6. The summed E-state index contributed by atoms with van der Waals surface area (Å²) in [5.41, 5.74) is 11.0. The normalized spacial score (nSPS) is 11.6. The van der Waals surface area contributed by atoms with Crippen LogP contribution in [0.1, 0.15) is 0 Å². The Morgan fingerprint density at radius 3 is 1.76 bits per heavy atom. The lowest BCUT2D eigenvalue weighted by Crippen LogP contribution is -1.96. The second-order valence-electron chi connectivity index (χ2n) is 12.6. The molecule has 0 spiro atoms. The molecule has 3 nitrogen and oxygen atoms in total. The van der Waals surface area contributed by atoms with E-state index in [1.54, 1.807) is 0 Å². The van der Waals surface area contributed by atoms with Gasteiger partial charge in [-0.05, 0) is 59.7 Å². The van der Waals surface area contributed by atoms with Crippen molar-refractivity contribution < 1.29 is 0 Å².